The van der Waals surface area contributed by atoms with Crippen molar-refractivity contribution in [2.75, 3.05) is 39.6 Å². The second-order valence-electron chi connectivity index (χ2n) is 8.62. The number of esters is 1. The Hall–Kier alpha value is -1.59. The lowest BCUT2D eigenvalue weighted by Crippen LogP contribution is -2.14. The normalized spacial score (nSPS) is 11.0. The molecule has 0 fully saturated rings. The second kappa shape index (κ2) is 22.2. The average molecular weight is 465 g/mol. The first-order valence-electron chi connectivity index (χ1n) is 13.3. The van der Waals surface area contributed by atoms with E-state index in [0.29, 0.717) is 46.1 Å². The van der Waals surface area contributed by atoms with Gasteiger partial charge in [0, 0.05) is 6.42 Å². The van der Waals surface area contributed by atoms with Gasteiger partial charge in [0.25, 0.3) is 0 Å². The van der Waals surface area contributed by atoms with Crippen LogP contribution in [0.5, 0.6) is 5.75 Å². The Morgan fingerprint density at radius 1 is 0.636 bits per heavy atom. The van der Waals surface area contributed by atoms with Crippen molar-refractivity contribution in [1.82, 2.24) is 0 Å². The molecule has 0 heterocycles. The van der Waals surface area contributed by atoms with E-state index in [9.17, 15) is 4.79 Å². The Labute approximate surface area is 202 Å². The molecule has 0 aliphatic heterocycles. The van der Waals surface area contributed by atoms with E-state index in [1.807, 2.05) is 12.1 Å². The van der Waals surface area contributed by atoms with E-state index >= 15 is 0 Å². The van der Waals surface area contributed by atoms with Crippen LogP contribution in [0, 0.1) is 0 Å². The molecule has 0 amide bonds. The fourth-order valence-electron chi connectivity index (χ4n) is 3.56. The van der Waals surface area contributed by atoms with Crippen LogP contribution in [0.15, 0.2) is 24.3 Å². The third-order valence-electron chi connectivity index (χ3n) is 5.59. The van der Waals surface area contributed by atoms with E-state index in [0.717, 1.165) is 25.0 Å². The van der Waals surface area contributed by atoms with Crippen LogP contribution in [-0.2, 0) is 25.4 Å². The van der Waals surface area contributed by atoms with Crippen molar-refractivity contribution in [3.8, 4) is 5.75 Å². The summed E-state index contributed by atoms with van der Waals surface area (Å²) in [6.07, 6.45) is 15.4. The number of hydrogen-bond donors (Lipinski definition) is 0. The van der Waals surface area contributed by atoms with E-state index in [4.69, 9.17) is 18.9 Å². The van der Waals surface area contributed by atoms with Gasteiger partial charge >= 0.3 is 5.97 Å². The van der Waals surface area contributed by atoms with Gasteiger partial charge in [-0.2, -0.15) is 0 Å². The van der Waals surface area contributed by atoms with E-state index in [-0.39, 0.29) is 5.97 Å². The third-order valence-corrected chi connectivity index (χ3v) is 5.59. The van der Waals surface area contributed by atoms with Crippen molar-refractivity contribution < 1.29 is 23.7 Å². The molecule has 0 bridgehead atoms. The fourth-order valence-corrected chi connectivity index (χ4v) is 3.56. The van der Waals surface area contributed by atoms with Gasteiger partial charge in [0.05, 0.1) is 26.4 Å². The van der Waals surface area contributed by atoms with E-state index in [1.54, 1.807) is 0 Å². The summed E-state index contributed by atoms with van der Waals surface area (Å²) in [5.41, 5.74) is 1.38. The summed E-state index contributed by atoms with van der Waals surface area (Å²) in [5, 5.41) is 0. The van der Waals surface area contributed by atoms with Crippen LogP contribution >= 0.6 is 0 Å². The minimum absolute atomic E-state index is 0.131. The highest BCUT2D eigenvalue weighted by Gasteiger charge is 2.02. The summed E-state index contributed by atoms with van der Waals surface area (Å²) in [6, 6.07) is 8.42. The summed E-state index contributed by atoms with van der Waals surface area (Å²) in [4.78, 5) is 11.5. The van der Waals surface area contributed by atoms with Crippen molar-refractivity contribution in [1.29, 1.82) is 0 Å². The van der Waals surface area contributed by atoms with Gasteiger partial charge in [-0.3, -0.25) is 4.79 Å². The van der Waals surface area contributed by atoms with Gasteiger partial charge in [-0.05, 0) is 37.0 Å². The van der Waals surface area contributed by atoms with Crippen LogP contribution in [0.2, 0.25) is 0 Å². The first-order chi connectivity index (χ1) is 16.3. The topological polar surface area (TPSA) is 54.0 Å². The third kappa shape index (κ3) is 18.5. The maximum Gasteiger partial charge on any atom is 0.305 e. The lowest BCUT2D eigenvalue weighted by molar-refractivity contribution is -0.145. The molecule has 0 atom stereocenters. The number of rotatable bonds is 23. The molecule has 0 spiro atoms. The summed E-state index contributed by atoms with van der Waals surface area (Å²) in [5.74, 6) is 0.753. The highest BCUT2D eigenvalue weighted by Crippen LogP contribution is 2.15. The van der Waals surface area contributed by atoms with Crippen molar-refractivity contribution in [3.05, 3.63) is 29.8 Å². The van der Waals surface area contributed by atoms with Crippen LogP contribution in [0.3, 0.4) is 0 Å². The minimum atomic E-state index is -0.131. The molecule has 0 aromatic heterocycles. The van der Waals surface area contributed by atoms with Crippen LogP contribution < -0.4 is 4.74 Å². The molecule has 1 aromatic carbocycles. The molecule has 33 heavy (non-hydrogen) atoms. The molecule has 5 nitrogen and oxygen atoms in total. The monoisotopic (exact) mass is 464 g/mol. The van der Waals surface area contributed by atoms with E-state index in [2.05, 4.69) is 26.0 Å². The largest absolute Gasteiger partial charge is 0.491 e. The van der Waals surface area contributed by atoms with E-state index in [1.165, 1.54) is 63.4 Å². The molecule has 0 saturated carbocycles. The zero-order chi connectivity index (χ0) is 23.8. The zero-order valence-corrected chi connectivity index (χ0v) is 21.3. The Morgan fingerprint density at radius 3 is 1.85 bits per heavy atom. The van der Waals surface area contributed by atoms with Gasteiger partial charge in [-0.25, -0.2) is 0 Å². The van der Waals surface area contributed by atoms with Gasteiger partial charge in [-0.1, -0.05) is 83.8 Å². The lowest BCUT2D eigenvalue weighted by Gasteiger charge is -2.09. The number of ether oxygens (including phenoxy) is 4. The molecule has 1 aromatic rings. The Bertz CT molecular complexity index is 558. The van der Waals surface area contributed by atoms with E-state index < -0.39 is 0 Å². The average Bonchev–Trinajstić information content (AvgIpc) is 2.83. The van der Waals surface area contributed by atoms with Gasteiger partial charge < -0.3 is 18.9 Å². The molecule has 0 unspecified atom stereocenters. The SMILES string of the molecule is CCCCCCCCCc1ccc(OCCOCCOCCOC(=O)CCCCCC)cc1. The molecule has 5 heteroatoms. The summed E-state index contributed by atoms with van der Waals surface area (Å²) in [6.45, 7) is 7.17. The molecule has 0 aliphatic carbocycles. The highest BCUT2D eigenvalue weighted by molar-refractivity contribution is 5.69. The predicted molar refractivity (Wildman–Crippen MR) is 135 cm³/mol. The predicted octanol–water partition coefficient (Wildman–Crippen LogP) is 6.91. The molecular formula is C28H48O5. The Morgan fingerprint density at radius 2 is 1.18 bits per heavy atom. The highest BCUT2D eigenvalue weighted by atomic mass is 16.6. The molecular weight excluding hydrogens is 416 g/mol. The molecule has 1 rings (SSSR count). The van der Waals surface area contributed by atoms with Crippen LogP contribution in [0.4, 0.5) is 0 Å². The standard InChI is InChI=1S/C28H48O5/c1-3-5-7-9-10-11-12-14-26-16-18-27(19-17-26)32-24-22-30-20-21-31-23-25-33-28(29)15-13-8-6-4-2/h16-19H,3-15,20-25H2,1-2H3. The zero-order valence-electron chi connectivity index (χ0n) is 21.3. The molecule has 190 valence electrons. The smallest absolute Gasteiger partial charge is 0.305 e. The van der Waals surface area contributed by atoms with Crippen molar-refractivity contribution in [3.63, 3.8) is 0 Å². The molecule has 0 radical (unpaired) electrons. The maximum atomic E-state index is 11.5. The summed E-state index contributed by atoms with van der Waals surface area (Å²) in [7, 11) is 0. The van der Waals surface area contributed by atoms with Gasteiger partial charge in [-0.15, -0.1) is 0 Å². The van der Waals surface area contributed by atoms with Crippen molar-refractivity contribution in [2.24, 2.45) is 0 Å². The number of benzene rings is 1. The maximum absolute atomic E-state index is 11.5. The first-order valence-corrected chi connectivity index (χ1v) is 13.3. The first kappa shape index (κ1) is 29.4. The molecule has 0 aliphatic rings. The Kier molecular flexibility index (Phi) is 19.8. The number of carbonyl (C=O) groups is 1. The molecule has 0 saturated heterocycles. The van der Waals surface area contributed by atoms with Crippen LogP contribution in [0.25, 0.3) is 0 Å². The quantitative estimate of drug-likeness (QED) is 0.130. The van der Waals surface area contributed by atoms with Crippen molar-refractivity contribution >= 4 is 5.97 Å². The van der Waals surface area contributed by atoms with Gasteiger partial charge in [0.15, 0.2) is 0 Å². The second-order valence-corrected chi connectivity index (χ2v) is 8.62. The lowest BCUT2D eigenvalue weighted by atomic mass is 10.0. The minimum Gasteiger partial charge on any atom is -0.491 e. The summed E-state index contributed by atoms with van der Waals surface area (Å²) < 4.78 is 21.8. The van der Waals surface area contributed by atoms with Crippen molar-refractivity contribution in [2.45, 2.75) is 97.3 Å². The number of carbonyl (C=O) groups excluding carboxylic acids is 1. The fraction of sp³-hybridized carbons (Fsp3) is 0.750. The Balaban J connectivity index is 1.90. The van der Waals surface area contributed by atoms with Gasteiger partial charge in [0.1, 0.15) is 19.0 Å². The van der Waals surface area contributed by atoms with Gasteiger partial charge in [0.2, 0.25) is 0 Å². The van der Waals surface area contributed by atoms with Crippen LogP contribution in [-0.4, -0.2) is 45.6 Å². The number of unbranched alkanes of at least 4 members (excludes halogenated alkanes) is 9. The molecule has 0 N–H and O–H groups in total. The summed E-state index contributed by atoms with van der Waals surface area (Å²) >= 11 is 0. The number of hydrogen-bond acceptors (Lipinski definition) is 5. The van der Waals surface area contributed by atoms with Crippen LogP contribution in [0.1, 0.15) is 96.5 Å². The number of aryl methyl sites for hydroxylation is 1.